The number of carbonyl (C=O) groups is 2. The third-order valence-corrected chi connectivity index (χ3v) is 5.31. The van der Waals surface area contributed by atoms with Crippen LogP contribution < -0.4 is 5.32 Å². The van der Waals surface area contributed by atoms with Crippen LogP contribution in [0.15, 0.2) is 0 Å². The quantitative estimate of drug-likeness (QED) is 0.815. The highest BCUT2D eigenvalue weighted by Crippen LogP contribution is 2.29. The second-order valence-corrected chi connectivity index (χ2v) is 6.76. The first kappa shape index (κ1) is 15.7. The van der Waals surface area contributed by atoms with Gasteiger partial charge in [0.25, 0.3) is 0 Å². The number of piperidine rings is 1. The number of morpholine rings is 1. The van der Waals surface area contributed by atoms with Gasteiger partial charge < -0.3 is 19.9 Å². The molecule has 0 aromatic heterocycles. The molecule has 2 atom stereocenters. The van der Waals surface area contributed by atoms with Crippen molar-refractivity contribution in [2.45, 2.75) is 56.7 Å². The summed E-state index contributed by atoms with van der Waals surface area (Å²) in [4.78, 5) is 28.2. The summed E-state index contributed by atoms with van der Waals surface area (Å²) in [7, 11) is 1.90. The minimum Gasteiger partial charge on any atom is -0.378 e. The average Bonchev–Trinajstić information content (AvgIpc) is 2.90. The maximum absolute atomic E-state index is 12.4. The Bertz CT molecular complexity index is 411. The van der Waals surface area contributed by atoms with Gasteiger partial charge in [-0.2, -0.15) is 0 Å². The maximum Gasteiger partial charge on any atom is 0.223 e. The molecule has 2 bridgehead atoms. The molecule has 22 heavy (non-hydrogen) atoms. The van der Waals surface area contributed by atoms with Crippen molar-refractivity contribution in [2.24, 2.45) is 0 Å². The van der Waals surface area contributed by atoms with Gasteiger partial charge in [-0.1, -0.05) is 0 Å². The first-order chi connectivity index (χ1) is 10.6. The number of fused-ring (bicyclic) bond motifs is 2. The Kier molecular flexibility index (Phi) is 4.98. The zero-order valence-electron chi connectivity index (χ0n) is 13.4. The summed E-state index contributed by atoms with van der Waals surface area (Å²) in [5, 5.41) is 3.60. The van der Waals surface area contributed by atoms with E-state index in [1.165, 1.54) is 12.8 Å². The van der Waals surface area contributed by atoms with E-state index in [1.807, 2.05) is 16.8 Å². The molecule has 2 unspecified atom stereocenters. The molecule has 124 valence electrons. The largest absolute Gasteiger partial charge is 0.378 e. The number of carbonyl (C=O) groups excluding carboxylic acids is 2. The van der Waals surface area contributed by atoms with Crippen LogP contribution in [0.5, 0.6) is 0 Å². The molecule has 0 aromatic rings. The molecular weight excluding hydrogens is 282 g/mol. The summed E-state index contributed by atoms with van der Waals surface area (Å²) in [5.41, 5.74) is 0. The molecule has 0 radical (unpaired) electrons. The van der Waals surface area contributed by atoms with E-state index in [-0.39, 0.29) is 11.8 Å². The predicted molar refractivity (Wildman–Crippen MR) is 82.4 cm³/mol. The molecule has 2 amide bonds. The number of nitrogens with zero attached hydrogens (tertiary/aromatic N) is 2. The van der Waals surface area contributed by atoms with Gasteiger partial charge in [-0.3, -0.25) is 9.59 Å². The zero-order chi connectivity index (χ0) is 15.5. The Hall–Kier alpha value is -1.14. The molecule has 3 aliphatic heterocycles. The fourth-order valence-corrected chi connectivity index (χ4v) is 3.91. The van der Waals surface area contributed by atoms with Gasteiger partial charge >= 0.3 is 0 Å². The third-order valence-electron chi connectivity index (χ3n) is 5.31. The van der Waals surface area contributed by atoms with Crippen LogP contribution in [0.3, 0.4) is 0 Å². The Balaban J connectivity index is 1.44. The summed E-state index contributed by atoms with van der Waals surface area (Å²) < 4.78 is 5.24. The Labute approximate surface area is 132 Å². The molecule has 6 heteroatoms. The number of ether oxygens (including phenoxy) is 1. The molecule has 3 fully saturated rings. The number of hydrogen-bond acceptors (Lipinski definition) is 4. The van der Waals surface area contributed by atoms with Gasteiger partial charge in [0.15, 0.2) is 0 Å². The lowest BCUT2D eigenvalue weighted by molar-refractivity contribution is -0.140. The van der Waals surface area contributed by atoms with E-state index in [4.69, 9.17) is 4.74 Å². The fraction of sp³-hybridized carbons (Fsp3) is 0.875. The lowest BCUT2D eigenvalue weighted by Gasteiger charge is -2.35. The fourth-order valence-electron chi connectivity index (χ4n) is 3.91. The Morgan fingerprint density at radius 3 is 2.41 bits per heavy atom. The monoisotopic (exact) mass is 309 g/mol. The second kappa shape index (κ2) is 6.96. The number of nitrogens with one attached hydrogen (secondary N) is 1. The van der Waals surface area contributed by atoms with E-state index in [1.54, 1.807) is 0 Å². The van der Waals surface area contributed by atoms with Gasteiger partial charge in [0.05, 0.1) is 13.2 Å². The van der Waals surface area contributed by atoms with Crippen molar-refractivity contribution in [2.75, 3.05) is 33.4 Å². The van der Waals surface area contributed by atoms with E-state index in [2.05, 4.69) is 5.32 Å². The van der Waals surface area contributed by atoms with Crippen LogP contribution in [-0.2, 0) is 14.3 Å². The van der Waals surface area contributed by atoms with E-state index < -0.39 is 0 Å². The van der Waals surface area contributed by atoms with Gasteiger partial charge in [-0.05, 0) is 25.7 Å². The lowest BCUT2D eigenvalue weighted by atomic mass is 9.98. The smallest absolute Gasteiger partial charge is 0.223 e. The normalized spacial score (nSPS) is 31.1. The van der Waals surface area contributed by atoms with Gasteiger partial charge in [-0.25, -0.2) is 0 Å². The van der Waals surface area contributed by atoms with Crippen molar-refractivity contribution in [3.63, 3.8) is 0 Å². The van der Waals surface area contributed by atoms with Crippen LogP contribution >= 0.6 is 0 Å². The molecule has 3 aliphatic rings. The minimum atomic E-state index is 0.0791. The average molecular weight is 309 g/mol. The van der Waals surface area contributed by atoms with Crippen LogP contribution in [0.4, 0.5) is 0 Å². The van der Waals surface area contributed by atoms with Crippen LogP contribution in [0.2, 0.25) is 0 Å². The van der Waals surface area contributed by atoms with Crippen molar-refractivity contribution in [3.05, 3.63) is 0 Å². The van der Waals surface area contributed by atoms with Gasteiger partial charge in [0.2, 0.25) is 11.8 Å². The van der Waals surface area contributed by atoms with Gasteiger partial charge in [0, 0.05) is 51.1 Å². The first-order valence-corrected chi connectivity index (χ1v) is 8.50. The molecule has 1 N–H and O–H groups in total. The van der Waals surface area contributed by atoms with Crippen molar-refractivity contribution in [3.8, 4) is 0 Å². The van der Waals surface area contributed by atoms with Crippen LogP contribution in [0, 0.1) is 0 Å². The molecule has 0 aromatic carbocycles. The molecule has 3 heterocycles. The van der Waals surface area contributed by atoms with E-state index in [0.29, 0.717) is 57.3 Å². The van der Waals surface area contributed by atoms with E-state index in [0.717, 1.165) is 12.8 Å². The van der Waals surface area contributed by atoms with Crippen molar-refractivity contribution < 1.29 is 14.3 Å². The van der Waals surface area contributed by atoms with Gasteiger partial charge in [-0.15, -0.1) is 0 Å². The molecule has 3 rings (SSSR count). The van der Waals surface area contributed by atoms with Crippen LogP contribution in [-0.4, -0.2) is 73.1 Å². The van der Waals surface area contributed by atoms with Crippen molar-refractivity contribution in [1.82, 2.24) is 15.1 Å². The topological polar surface area (TPSA) is 61.9 Å². The highest BCUT2D eigenvalue weighted by atomic mass is 16.5. The molecule has 0 spiro atoms. The molecule has 3 saturated heterocycles. The number of hydrogen-bond donors (Lipinski definition) is 1. The standard InChI is InChI=1S/C16H27N3O3/c1-18(14-10-12-2-3-13(11-14)17-12)15(20)4-5-16(21)19-6-8-22-9-7-19/h12-14,17H,2-11H2,1H3. The summed E-state index contributed by atoms with van der Waals surface area (Å²) in [5.74, 6) is 0.184. The predicted octanol–water partition coefficient (Wildman–Crippen LogP) is 0.367. The molecule has 0 aliphatic carbocycles. The van der Waals surface area contributed by atoms with E-state index >= 15 is 0 Å². The van der Waals surface area contributed by atoms with Crippen molar-refractivity contribution in [1.29, 1.82) is 0 Å². The number of amides is 2. The van der Waals surface area contributed by atoms with Crippen molar-refractivity contribution >= 4 is 11.8 Å². The van der Waals surface area contributed by atoms with Crippen LogP contribution in [0.1, 0.15) is 38.5 Å². The molecule has 0 saturated carbocycles. The molecular formula is C16H27N3O3. The molecule has 6 nitrogen and oxygen atoms in total. The Morgan fingerprint density at radius 2 is 1.77 bits per heavy atom. The lowest BCUT2D eigenvalue weighted by Crippen LogP contribution is -2.49. The SMILES string of the molecule is CN(C(=O)CCC(=O)N1CCOCC1)C1CC2CCC(C1)N2. The third kappa shape index (κ3) is 3.60. The maximum atomic E-state index is 12.4. The summed E-state index contributed by atoms with van der Waals surface area (Å²) in [6.45, 7) is 2.52. The highest BCUT2D eigenvalue weighted by molar-refractivity contribution is 5.84. The minimum absolute atomic E-state index is 0.0791. The second-order valence-electron chi connectivity index (χ2n) is 6.76. The van der Waals surface area contributed by atoms with E-state index in [9.17, 15) is 9.59 Å². The van der Waals surface area contributed by atoms with Crippen LogP contribution in [0.25, 0.3) is 0 Å². The summed E-state index contributed by atoms with van der Waals surface area (Å²) in [6, 6.07) is 1.49. The Morgan fingerprint density at radius 1 is 1.14 bits per heavy atom. The zero-order valence-corrected chi connectivity index (χ0v) is 13.4. The summed E-state index contributed by atoms with van der Waals surface area (Å²) in [6.07, 6.45) is 5.22. The number of rotatable bonds is 4. The highest BCUT2D eigenvalue weighted by Gasteiger charge is 2.36. The first-order valence-electron chi connectivity index (χ1n) is 8.50. The summed E-state index contributed by atoms with van der Waals surface area (Å²) >= 11 is 0. The van der Waals surface area contributed by atoms with Gasteiger partial charge in [0.1, 0.15) is 0 Å².